The van der Waals surface area contributed by atoms with Crippen LogP contribution in [0.4, 0.5) is 11.4 Å². The summed E-state index contributed by atoms with van der Waals surface area (Å²) in [6, 6.07) is 17.6. The Morgan fingerprint density at radius 3 is 1.79 bits per heavy atom. The van der Waals surface area contributed by atoms with Crippen LogP contribution in [0.15, 0.2) is 48.5 Å². The Balaban J connectivity index is 2.27. The van der Waals surface area contributed by atoms with Gasteiger partial charge < -0.3 is 4.90 Å². The Hall–Kier alpha value is -1.76. The number of fused-ring (bicyclic) bond motifs is 2. The lowest BCUT2D eigenvalue weighted by Gasteiger charge is -2.42. The summed E-state index contributed by atoms with van der Waals surface area (Å²) in [5.74, 6) is 0. The van der Waals surface area contributed by atoms with Gasteiger partial charge in [0.05, 0.1) is 0 Å². The Kier molecular flexibility index (Phi) is 2.85. The van der Waals surface area contributed by atoms with E-state index in [-0.39, 0.29) is 5.41 Å². The van der Waals surface area contributed by atoms with Crippen LogP contribution >= 0.6 is 0 Å². The number of rotatable bonds is 2. The number of nitrogens with zero attached hydrogens (tertiary/aromatic N) is 1. The normalized spacial score (nSPS) is 15.8. The number of benzene rings is 2. The molecule has 1 heteroatoms. The molecule has 0 aromatic heterocycles. The van der Waals surface area contributed by atoms with E-state index in [0.29, 0.717) is 0 Å². The lowest BCUT2D eigenvalue weighted by molar-refractivity contribution is 0.623. The first-order chi connectivity index (χ1) is 9.16. The first-order valence-electron chi connectivity index (χ1n) is 7.13. The molecule has 3 rings (SSSR count). The fourth-order valence-electron chi connectivity index (χ4n) is 3.21. The molecule has 0 saturated carbocycles. The molecule has 0 unspecified atom stereocenters. The van der Waals surface area contributed by atoms with E-state index in [2.05, 4.69) is 74.2 Å². The van der Waals surface area contributed by atoms with Gasteiger partial charge in [0, 0.05) is 23.3 Å². The molecule has 0 atom stereocenters. The molecule has 0 spiro atoms. The standard InChI is InChI=1S/C18H21N/c1-4-13-19-16-11-7-5-9-14(16)18(2,3)15-10-6-8-12-17(15)19/h5-12H,4,13H2,1-3H3. The molecule has 0 radical (unpaired) electrons. The van der Waals surface area contributed by atoms with E-state index < -0.39 is 0 Å². The third kappa shape index (κ3) is 1.76. The van der Waals surface area contributed by atoms with E-state index in [0.717, 1.165) is 13.0 Å². The summed E-state index contributed by atoms with van der Waals surface area (Å²) in [6.07, 6.45) is 1.16. The van der Waals surface area contributed by atoms with Crippen molar-refractivity contribution in [2.24, 2.45) is 0 Å². The van der Waals surface area contributed by atoms with Gasteiger partial charge in [-0.1, -0.05) is 57.2 Å². The highest BCUT2D eigenvalue weighted by Crippen LogP contribution is 2.48. The number of hydrogen-bond acceptors (Lipinski definition) is 1. The van der Waals surface area contributed by atoms with Gasteiger partial charge in [0.1, 0.15) is 0 Å². The van der Waals surface area contributed by atoms with Crippen LogP contribution in [-0.4, -0.2) is 6.54 Å². The fraction of sp³-hybridized carbons (Fsp3) is 0.333. The molecule has 2 aromatic carbocycles. The van der Waals surface area contributed by atoms with Gasteiger partial charge >= 0.3 is 0 Å². The zero-order valence-corrected chi connectivity index (χ0v) is 12.0. The van der Waals surface area contributed by atoms with Gasteiger partial charge in [0.25, 0.3) is 0 Å². The molecule has 1 aliphatic heterocycles. The highest BCUT2D eigenvalue weighted by atomic mass is 15.1. The molecule has 1 heterocycles. The SMILES string of the molecule is CCCN1c2ccccc2C(C)(C)c2ccccc21. The van der Waals surface area contributed by atoms with Crippen molar-refractivity contribution in [3.05, 3.63) is 59.7 Å². The van der Waals surface area contributed by atoms with Crippen molar-refractivity contribution in [1.82, 2.24) is 0 Å². The first-order valence-corrected chi connectivity index (χ1v) is 7.13. The lowest BCUT2D eigenvalue weighted by atomic mass is 9.73. The van der Waals surface area contributed by atoms with Crippen molar-refractivity contribution in [2.45, 2.75) is 32.6 Å². The largest absolute Gasteiger partial charge is 0.341 e. The summed E-state index contributed by atoms with van der Waals surface area (Å²) in [6.45, 7) is 7.97. The van der Waals surface area contributed by atoms with Crippen LogP contribution in [-0.2, 0) is 5.41 Å². The minimum absolute atomic E-state index is 0.0808. The quantitative estimate of drug-likeness (QED) is 0.735. The molecule has 0 saturated heterocycles. The molecular weight excluding hydrogens is 230 g/mol. The van der Waals surface area contributed by atoms with Gasteiger partial charge in [-0.2, -0.15) is 0 Å². The predicted molar refractivity (Wildman–Crippen MR) is 82.3 cm³/mol. The Bertz CT molecular complexity index is 549. The van der Waals surface area contributed by atoms with Crippen molar-refractivity contribution in [1.29, 1.82) is 0 Å². The summed E-state index contributed by atoms with van der Waals surface area (Å²) in [4.78, 5) is 2.47. The minimum Gasteiger partial charge on any atom is -0.341 e. The van der Waals surface area contributed by atoms with Crippen LogP contribution in [0.25, 0.3) is 0 Å². The Morgan fingerprint density at radius 2 is 1.32 bits per heavy atom. The van der Waals surface area contributed by atoms with E-state index in [1.807, 2.05) is 0 Å². The molecule has 1 aliphatic rings. The molecule has 2 aromatic rings. The van der Waals surface area contributed by atoms with Gasteiger partial charge in [-0.15, -0.1) is 0 Å². The van der Waals surface area contributed by atoms with Crippen LogP contribution < -0.4 is 4.90 Å². The van der Waals surface area contributed by atoms with Gasteiger partial charge in [-0.25, -0.2) is 0 Å². The van der Waals surface area contributed by atoms with Gasteiger partial charge in [-0.05, 0) is 29.7 Å². The highest BCUT2D eigenvalue weighted by Gasteiger charge is 2.35. The van der Waals surface area contributed by atoms with E-state index >= 15 is 0 Å². The third-order valence-electron chi connectivity index (χ3n) is 4.18. The molecule has 0 fully saturated rings. The summed E-state index contributed by atoms with van der Waals surface area (Å²) in [5, 5.41) is 0. The lowest BCUT2D eigenvalue weighted by Crippen LogP contribution is -2.33. The molecular formula is C18H21N. The van der Waals surface area contributed by atoms with E-state index in [1.54, 1.807) is 0 Å². The Labute approximate surface area is 115 Å². The zero-order valence-electron chi connectivity index (χ0n) is 12.0. The van der Waals surface area contributed by atoms with Crippen molar-refractivity contribution in [3.8, 4) is 0 Å². The summed E-state index contributed by atoms with van der Waals surface area (Å²) < 4.78 is 0. The molecule has 0 amide bonds. The monoisotopic (exact) mass is 251 g/mol. The fourth-order valence-corrected chi connectivity index (χ4v) is 3.21. The summed E-state index contributed by atoms with van der Waals surface area (Å²) in [5.41, 5.74) is 5.68. The average Bonchev–Trinajstić information content (AvgIpc) is 2.44. The molecule has 19 heavy (non-hydrogen) atoms. The van der Waals surface area contributed by atoms with Crippen LogP contribution in [0.3, 0.4) is 0 Å². The van der Waals surface area contributed by atoms with Crippen LogP contribution in [0, 0.1) is 0 Å². The molecule has 98 valence electrons. The van der Waals surface area contributed by atoms with Gasteiger partial charge in [0.2, 0.25) is 0 Å². The maximum absolute atomic E-state index is 2.47. The maximum atomic E-state index is 2.47. The van der Waals surface area contributed by atoms with Crippen molar-refractivity contribution < 1.29 is 0 Å². The topological polar surface area (TPSA) is 3.24 Å². The molecule has 0 bridgehead atoms. The summed E-state index contributed by atoms with van der Waals surface area (Å²) >= 11 is 0. The second kappa shape index (κ2) is 4.41. The van der Waals surface area contributed by atoms with Crippen molar-refractivity contribution in [2.75, 3.05) is 11.4 Å². The van der Waals surface area contributed by atoms with Crippen LogP contribution in [0.1, 0.15) is 38.3 Å². The van der Waals surface area contributed by atoms with E-state index in [9.17, 15) is 0 Å². The highest BCUT2D eigenvalue weighted by molar-refractivity contribution is 5.77. The molecule has 0 aliphatic carbocycles. The molecule has 1 nitrogen and oxygen atoms in total. The molecule has 0 N–H and O–H groups in total. The van der Waals surface area contributed by atoms with Gasteiger partial charge in [0.15, 0.2) is 0 Å². The second-order valence-electron chi connectivity index (χ2n) is 5.81. The number of hydrogen-bond donors (Lipinski definition) is 0. The zero-order chi connectivity index (χ0) is 13.5. The summed E-state index contributed by atoms with van der Waals surface area (Å²) in [7, 11) is 0. The van der Waals surface area contributed by atoms with Gasteiger partial charge in [-0.3, -0.25) is 0 Å². The van der Waals surface area contributed by atoms with Crippen molar-refractivity contribution in [3.63, 3.8) is 0 Å². The van der Waals surface area contributed by atoms with Crippen LogP contribution in [0.5, 0.6) is 0 Å². The van der Waals surface area contributed by atoms with E-state index in [4.69, 9.17) is 0 Å². The predicted octanol–water partition coefficient (Wildman–Crippen LogP) is 4.87. The average molecular weight is 251 g/mol. The van der Waals surface area contributed by atoms with E-state index in [1.165, 1.54) is 22.5 Å². The van der Waals surface area contributed by atoms with Crippen molar-refractivity contribution >= 4 is 11.4 Å². The Morgan fingerprint density at radius 1 is 0.842 bits per heavy atom. The number of para-hydroxylation sites is 2. The first kappa shape index (κ1) is 12.3. The maximum Gasteiger partial charge on any atom is 0.0452 e. The second-order valence-corrected chi connectivity index (χ2v) is 5.81. The minimum atomic E-state index is 0.0808. The smallest absolute Gasteiger partial charge is 0.0452 e. The number of anilines is 2. The van der Waals surface area contributed by atoms with Crippen LogP contribution in [0.2, 0.25) is 0 Å². The third-order valence-corrected chi connectivity index (χ3v) is 4.18.